The molecule has 1 saturated carbocycles. The predicted octanol–water partition coefficient (Wildman–Crippen LogP) is 1.55. The van der Waals surface area contributed by atoms with Gasteiger partial charge in [-0.1, -0.05) is 6.08 Å². The van der Waals surface area contributed by atoms with Gasteiger partial charge in [0.2, 0.25) is 5.91 Å². The van der Waals surface area contributed by atoms with Gasteiger partial charge in [-0.15, -0.1) is 6.58 Å². The van der Waals surface area contributed by atoms with Crippen molar-refractivity contribution in [3.63, 3.8) is 0 Å². The molecule has 0 saturated heterocycles. The zero-order chi connectivity index (χ0) is 11.5. The van der Waals surface area contributed by atoms with Crippen molar-refractivity contribution in [2.45, 2.75) is 45.2 Å². The summed E-state index contributed by atoms with van der Waals surface area (Å²) in [5, 5.41) is 3.22. The second kappa shape index (κ2) is 4.79. The molecule has 15 heavy (non-hydrogen) atoms. The van der Waals surface area contributed by atoms with Crippen LogP contribution in [0.3, 0.4) is 0 Å². The summed E-state index contributed by atoms with van der Waals surface area (Å²) in [7, 11) is 0. The van der Waals surface area contributed by atoms with E-state index in [9.17, 15) is 4.79 Å². The molecule has 0 unspecified atom stereocenters. The third kappa shape index (κ3) is 4.47. The van der Waals surface area contributed by atoms with Crippen molar-refractivity contribution < 1.29 is 4.79 Å². The van der Waals surface area contributed by atoms with E-state index in [1.807, 2.05) is 4.90 Å². The average Bonchev–Trinajstić information content (AvgIpc) is 2.92. The minimum Gasteiger partial charge on any atom is -0.335 e. The Morgan fingerprint density at radius 1 is 1.53 bits per heavy atom. The van der Waals surface area contributed by atoms with E-state index < -0.39 is 0 Å². The molecule has 1 N–H and O–H groups in total. The highest BCUT2D eigenvalue weighted by atomic mass is 16.2. The van der Waals surface area contributed by atoms with E-state index in [-0.39, 0.29) is 11.4 Å². The van der Waals surface area contributed by atoms with Gasteiger partial charge in [0.25, 0.3) is 0 Å². The highest BCUT2D eigenvalue weighted by molar-refractivity contribution is 5.79. The maximum atomic E-state index is 11.9. The maximum Gasteiger partial charge on any atom is 0.237 e. The maximum absolute atomic E-state index is 11.9. The Bertz CT molecular complexity index is 238. The lowest BCUT2D eigenvalue weighted by Gasteiger charge is -2.25. The number of hydrogen-bond acceptors (Lipinski definition) is 2. The summed E-state index contributed by atoms with van der Waals surface area (Å²) in [6.45, 7) is 11.0. The number of amides is 1. The lowest BCUT2D eigenvalue weighted by Crippen LogP contribution is -2.45. The minimum absolute atomic E-state index is 0.000933. The summed E-state index contributed by atoms with van der Waals surface area (Å²) in [6.07, 6.45) is 4.09. The number of rotatable bonds is 5. The smallest absolute Gasteiger partial charge is 0.237 e. The van der Waals surface area contributed by atoms with Gasteiger partial charge in [-0.05, 0) is 33.6 Å². The molecule has 1 aliphatic carbocycles. The molecule has 1 fully saturated rings. The number of carbonyl (C=O) groups is 1. The van der Waals surface area contributed by atoms with Gasteiger partial charge in [-0.3, -0.25) is 4.79 Å². The van der Waals surface area contributed by atoms with Crippen LogP contribution in [0.1, 0.15) is 33.6 Å². The number of carbonyl (C=O) groups excluding carboxylic acids is 1. The zero-order valence-electron chi connectivity index (χ0n) is 10.0. The molecular formula is C12H22N2O. The lowest BCUT2D eigenvalue weighted by molar-refractivity contribution is -0.130. The van der Waals surface area contributed by atoms with Gasteiger partial charge < -0.3 is 10.2 Å². The normalized spacial score (nSPS) is 16.2. The van der Waals surface area contributed by atoms with E-state index in [4.69, 9.17) is 0 Å². The first kappa shape index (κ1) is 12.2. The fraction of sp³-hybridized carbons (Fsp3) is 0.750. The fourth-order valence-electron chi connectivity index (χ4n) is 1.42. The SMILES string of the molecule is C=CCN(C(=O)CNC(C)(C)C)C1CC1. The Balaban J connectivity index is 2.39. The van der Waals surface area contributed by atoms with Crippen molar-refractivity contribution in [2.24, 2.45) is 0 Å². The molecule has 1 amide bonds. The molecule has 0 atom stereocenters. The second-order valence-electron chi connectivity index (χ2n) is 5.17. The summed E-state index contributed by atoms with van der Waals surface area (Å²) < 4.78 is 0. The van der Waals surface area contributed by atoms with Gasteiger partial charge in [0.05, 0.1) is 6.54 Å². The van der Waals surface area contributed by atoms with E-state index in [1.165, 1.54) is 0 Å². The average molecular weight is 210 g/mol. The Labute approximate surface area is 92.5 Å². The zero-order valence-corrected chi connectivity index (χ0v) is 10.0. The van der Waals surface area contributed by atoms with Crippen molar-refractivity contribution in [3.05, 3.63) is 12.7 Å². The van der Waals surface area contributed by atoms with Gasteiger partial charge >= 0.3 is 0 Å². The van der Waals surface area contributed by atoms with Crippen LogP contribution in [0.25, 0.3) is 0 Å². The lowest BCUT2D eigenvalue weighted by atomic mass is 10.1. The van der Waals surface area contributed by atoms with Gasteiger partial charge in [0.15, 0.2) is 0 Å². The molecule has 0 aromatic rings. The van der Waals surface area contributed by atoms with Gasteiger partial charge in [0, 0.05) is 18.1 Å². The number of nitrogens with zero attached hydrogens (tertiary/aromatic N) is 1. The molecule has 1 rings (SSSR count). The molecule has 86 valence electrons. The van der Waals surface area contributed by atoms with Crippen LogP contribution in [0, 0.1) is 0 Å². The molecule has 3 nitrogen and oxygen atoms in total. The van der Waals surface area contributed by atoms with Gasteiger partial charge in [-0.25, -0.2) is 0 Å². The first-order chi connectivity index (χ1) is 6.94. The van der Waals surface area contributed by atoms with Crippen LogP contribution < -0.4 is 5.32 Å². The molecule has 3 heteroatoms. The first-order valence-electron chi connectivity index (χ1n) is 5.59. The van der Waals surface area contributed by atoms with E-state index in [0.29, 0.717) is 19.1 Å². The van der Waals surface area contributed by atoms with Crippen LogP contribution >= 0.6 is 0 Å². The van der Waals surface area contributed by atoms with Crippen molar-refractivity contribution in [1.82, 2.24) is 10.2 Å². The minimum atomic E-state index is -0.000933. The van der Waals surface area contributed by atoms with Crippen molar-refractivity contribution in [2.75, 3.05) is 13.1 Å². The second-order valence-corrected chi connectivity index (χ2v) is 5.17. The van der Waals surface area contributed by atoms with Crippen molar-refractivity contribution >= 4 is 5.91 Å². The molecule has 0 aliphatic heterocycles. The monoisotopic (exact) mass is 210 g/mol. The van der Waals surface area contributed by atoms with Crippen molar-refractivity contribution in [3.8, 4) is 0 Å². The summed E-state index contributed by atoms with van der Waals surface area (Å²) in [5.74, 6) is 0.187. The molecular weight excluding hydrogens is 188 g/mol. The van der Waals surface area contributed by atoms with E-state index >= 15 is 0 Å². The van der Waals surface area contributed by atoms with Gasteiger partial charge in [-0.2, -0.15) is 0 Å². The van der Waals surface area contributed by atoms with Crippen LogP contribution in [0.15, 0.2) is 12.7 Å². The molecule has 0 aromatic carbocycles. The highest BCUT2D eigenvalue weighted by Gasteiger charge is 2.31. The van der Waals surface area contributed by atoms with Crippen LogP contribution in [-0.2, 0) is 4.79 Å². The van der Waals surface area contributed by atoms with E-state index in [1.54, 1.807) is 6.08 Å². The third-order valence-electron chi connectivity index (χ3n) is 2.40. The Kier molecular flexibility index (Phi) is 3.91. The van der Waals surface area contributed by atoms with Crippen molar-refractivity contribution in [1.29, 1.82) is 0 Å². The fourth-order valence-corrected chi connectivity index (χ4v) is 1.42. The summed E-state index contributed by atoms with van der Waals surface area (Å²) in [5.41, 5.74) is -0.000933. The van der Waals surface area contributed by atoms with E-state index in [0.717, 1.165) is 12.8 Å². The summed E-state index contributed by atoms with van der Waals surface area (Å²) in [4.78, 5) is 13.8. The Morgan fingerprint density at radius 3 is 2.53 bits per heavy atom. The standard InChI is InChI=1S/C12H22N2O/c1-5-8-14(10-6-7-10)11(15)9-13-12(2,3)4/h5,10,13H,1,6-9H2,2-4H3. The van der Waals surface area contributed by atoms with Gasteiger partial charge in [0.1, 0.15) is 0 Å². The number of hydrogen-bond donors (Lipinski definition) is 1. The van der Waals surface area contributed by atoms with Crippen LogP contribution in [0.2, 0.25) is 0 Å². The Morgan fingerprint density at radius 2 is 2.13 bits per heavy atom. The molecule has 0 heterocycles. The first-order valence-corrected chi connectivity index (χ1v) is 5.59. The van der Waals surface area contributed by atoms with Crippen LogP contribution in [0.5, 0.6) is 0 Å². The molecule has 1 aliphatic rings. The quantitative estimate of drug-likeness (QED) is 0.698. The predicted molar refractivity (Wildman–Crippen MR) is 62.7 cm³/mol. The van der Waals surface area contributed by atoms with E-state index in [2.05, 4.69) is 32.7 Å². The molecule has 0 radical (unpaired) electrons. The Hall–Kier alpha value is -0.830. The van der Waals surface area contributed by atoms with Crippen LogP contribution in [0.4, 0.5) is 0 Å². The number of nitrogens with one attached hydrogen (secondary N) is 1. The molecule has 0 spiro atoms. The molecule has 0 aromatic heterocycles. The summed E-state index contributed by atoms with van der Waals surface area (Å²) >= 11 is 0. The van der Waals surface area contributed by atoms with Crippen LogP contribution in [-0.4, -0.2) is 35.5 Å². The highest BCUT2D eigenvalue weighted by Crippen LogP contribution is 2.26. The third-order valence-corrected chi connectivity index (χ3v) is 2.40. The largest absolute Gasteiger partial charge is 0.335 e. The topological polar surface area (TPSA) is 32.3 Å². The molecule has 0 bridgehead atoms. The summed E-state index contributed by atoms with van der Waals surface area (Å²) in [6, 6.07) is 0.470.